The first kappa shape index (κ1) is 11.9. The fraction of sp³-hybridized carbons (Fsp3) is 1.00. The molecule has 0 amide bonds. The normalized spacial score (nSPS) is 21.9. The Kier molecular flexibility index (Phi) is 3.92. The standard InChI is InChI=1S/C9H19NO3S/c1-7(6-14(2,12)13)10-5-9(11)8-3-4-8/h7-11H,3-6H2,1-2H3. The Morgan fingerprint density at radius 2 is 2.07 bits per heavy atom. The molecule has 0 radical (unpaired) electrons. The van der Waals surface area contributed by atoms with Crippen molar-refractivity contribution in [1.82, 2.24) is 5.32 Å². The van der Waals surface area contributed by atoms with Crippen LogP contribution >= 0.6 is 0 Å². The summed E-state index contributed by atoms with van der Waals surface area (Å²) in [6.07, 6.45) is 3.12. The highest BCUT2D eigenvalue weighted by Gasteiger charge is 2.29. The van der Waals surface area contributed by atoms with E-state index < -0.39 is 9.84 Å². The van der Waals surface area contributed by atoms with Gasteiger partial charge in [0.15, 0.2) is 0 Å². The van der Waals surface area contributed by atoms with Crippen molar-refractivity contribution in [1.29, 1.82) is 0 Å². The maximum atomic E-state index is 10.9. The number of sulfone groups is 1. The van der Waals surface area contributed by atoms with E-state index in [1.54, 1.807) is 0 Å². The van der Waals surface area contributed by atoms with Crippen LogP contribution in [0.3, 0.4) is 0 Å². The Labute approximate surface area is 85.6 Å². The van der Waals surface area contributed by atoms with E-state index in [2.05, 4.69) is 5.32 Å². The minimum atomic E-state index is -2.92. The average molecular weight is 221 g/mol. The fourth-order valence-corrected chi connectivity index (χ4v) is 2.51. The van der Waals surface area contributed by atoms with Crippen LogP contribution in [-0.4, -0.2) is 44.2 Å². The second kappa shape index (κ2) is 4.59. The molecule has 2 unspecified atom stereocenters. The molecule has 1 rings (SSSR count). The van der Waals surface area contributed by atoms with Gasteiger partial charge in [-0.25, -0.2) is 8.42 Å². The third-order valence-electron chi connectivity index (χ3n) is 2.39. The van der Waals surface area contributed by atoms with E-state index in [9.17, 15) is 13.5 Å². The molecule has 0 spiro atoms. The van der Waals surface area contributed by atoms with Gasteiger partial charge < -0.3 is 10.4 Å². The lowest BCUT2D eigenvalue weighted by molar-refractivity contribution is 0.146. The molecule has 0 heterocycles. The van der Waals surface area contributed by atoms with E-state index in [1.165, 1.54) is 6.26 Å². The predicted octanol–water partition coefficient (Wildman–Crippen LogP) is -0.220. The SMILES string of the molecule is CC(CS(C)(=O)=O)NCC(O)C1CC1. The maximum absolute atomic E-state index is 10.9. The molecule has 0 aromatic carbocycles. The first-order valence-corrected chi connectivity index (χ1v) is 7.03. The molecule has 0 bridgehead atoms. The molecule has 4 nitrogen and oxygen atoms in total. The summed E-state index contributed by atoms with van der Waals surface area (Å²) >= 11 is 0. The number of aliphatic hydroxyl groups excluding tert-OH is 1. The van der Waals surface area contributed by atoms with Crippen LogP contribution in [0.4, 0.5) is 0 Å². The van der Waals surface area contributed by atoms with Crippen LogP contribution in [0, 0.1) is 5.92 Å². The molecule has 2 N–H and O–H groups in total. The van der Waals surface area contributed by atoms with Crippen molar-refractivity contribution in [3.05, 3.63) is 0 Å². The van der Waals surface area contributed by atoms with Gasteiger partial charge in [-0.15, -0.1) is 0 Å². The quantitative estimate of drug-likeness (QED) is 0.651. The Morgan fingerprint density at radius 1 is 1.50 bits per heavy atom. The lowest BCUT2D eigenvalue weighted by Gasteiger charge is -2.15. The van der Waals surface area contributed by atoms with Crippen LogP contribution in [0.2, 0.25) is 0 Å². The molecular formula is C9H19NO3S. The van der Waals surface area contributed by atoms with Crippen molar-refractivity contribution in [3.8, 4) is 0 Å². The summed E-state index contributed by atoms with van der Waals surface area (Å²) < 4.78 is 21.9. The zero-order chi connectivity index (χ0) is 10.8. The van der Waals surface area contributed by atoms with Gasteiger partial charge in [0.2, 0.25) is 0 Å². The maximum Gasteiger partial charge on any atom is 0.148 e. The van der Waals surface area contributed by atoms with Gasteiger partial charge in [0, 0.05) is 18.8 Å². The Hall–Kier alpha value is -0.130. The minimum Gasteiger partial charge on any atom is -0.392 e. The zero-order valence-electron chi connectivity index (χ0n) is 8.73. The summed E-state index contributed by atoms with van der Waals surface area (Å²) in [5.41, 5.74) is 0. The van der Waals surface area contributed by atoms with Crippen molar-refractivity contribution in [2.75, 3.05) is 18.6 Å². The van der Waals surface area contributed by atoms with E-state index >= 15 is 0 Å². The molecule has 84 valence electrons. The molecule has 2 atom stereocenters. The van der Waals surface area contributed by atoms with Gasteiger partial charge in [-0.1, -0.05) is 0 Å². The minimum absolute atomic E-state index is 0.0848. The van der Waals surface area contributed by atoms with Crippen molar-refractivity contribution in [2.24, 2.45) is 5.92 Å². The van der Waals surface area contributed by atoms with E-state index in [0.717, 1.165) is 12.8 Å². The van der Waals surface area contributed by atoms with Crippen LogP contribution in [-0.2, 0) is 9.84 Å². The van der Waals surface area contributed by atoms with Crippen molar-refractivity contribution in [3.63, 3.8) is 0 Å². The van der Waals surface area contributed by atoms with Crippen LogP contribution in [0.25, 0.3) is 0 Å². The van der Waals surface area contributed by atoms with Crippen molar-refractivity contribution in [2.45, 2.75) is 31.9 Å². The van der Waals surface area contributed by atoms with Crippen LogP contribution in [0.5, 0.6) is 0 Å². The average Bonchev–Trinajstić information content (AvgIpc) is 2.78. The van der Waals surface area contributed by atoms with Gasteiger partial charge >= 0.3 is 0 Å². The molecule has 0 saturated heterocycles. The first-order chi connectivity index (χ1) is 6.38. The van der Waals surface area contributed by atoms with Gasteiger partial charge in [0.05, 0.1) is 11.9 Å². The Balaban J connectivity index is 2.16. The zero-order valence-corrected chi connectivity index (χ0v) is 9.55. The summed E-state index contributed by atoms with van der Waals surface area (Å²) in [5.74, 6) is 0.567. The molecular weight excluding hydrogens is 202 g/mol. The highest BCUT2D eigenvalue weighted by Crippen LogP contribution is 2.32. The number of rotatable bonds is 6. The van der Waals surface area contributed by atoms with Gasteiger partial charge in [0.1, 0.15) is 9.84 Å². The lowest BCUT2D eigenvalue weighted by atomic mass is 10.2. The molecule has 0 aliphatic heterocycles. The van der Waals surface area contributed by atoms with Crippen LogP contribution in [0.15, 0.2) is 0 Å². The number of hydrogen-bond donors (Lipinski definition) is 2. The van der Waals surface area contributed by atoms with Crippen molar-refractivity contribution >= 4 is 9.84 Å². The molecule has 1 fully saturated rings. The molecule has 1 aliphatic carbocycles. The highest BCUT2D eigenvalue weighted by molar-refractivity contribution is 7.90. The third kappa shape index (κ3) is 4.93. The fourth-order valence-electron chi connectivity index (χ4n) is 1.48. The first-order valence-electron chi connectivity index (χ1n) is 4.97. The van der Waals surface area contributed by atoms with Crippen molar-refractivity contribution < 1.29 is 13.5 Å². The summed E-state index contributed by atoms with van der Waals surface area (Å²) in [6, 6.07) is -0.0848. The summed E-state index contributed by atoms with van der Waals surface area (Å²) in [5, 5.41) is 12.6. The molecule has 5 heteroatoms. The monoisotopic (exact) mass is 221 g/mol. The van der Waals surface area contributed by atoms with Gasteiger partial charge in [0.25, 0.3) is 0 Å². The predicted molar refractivity (Wildman–Crippen MR) is 55.9 cm³/mol. The van der Waals surface area contributed by atoms with E-state index in [4.69, 9.17) is 0 Å². The third-order valence-corrected chi connectivity index (χ3v) is 3.50. The van der Waals surface area contributed by atoms with Gasteiger partial charge in [-0.05, 0) is 25.7 Å². The molecule has 0 aromatic heterocycles. The largest absolute Gasteiger partial charge is 0.392 e. The topological polar surface area (TPSA) is 66.4 Å². The molecule has 0 aromatic rings. The van der Waals surface area contributed by atoms with E-state index in [-0.39, 0.29) is 17.9 Å². The highest BCUT2D eigenvalue weighted by atomic mass is 32.2. The van der Waals surface area contributed by atoms with Gasteiger partial charge in [-0.3, -0.25) is 0 Å². The number of hydrogen-bond acceptors (Lipinski definition) is 4. The smallest absolute Gasteiger partial charge is 0.148 e. The second-order valence-corrected chi connectivity index (χ2v) is 6.49. The summed E-state index contributed by atoms with van der Waals surface area (Å²) in [6.45, 7) is 2.32. The summed E-state index contributed by atoms with van der Waals surface area (Å²) in [4.78, 5) is 0. The Bertz CT molecular complexity index is 272. The summed E-state index contributed by atoms with van der Waals surface area (Å²) in [7, 11) is -2.92. The molecule has 1 aliphatic rings. The number of aliphatic hydroxyl groups is 1. The van der Waals surface area contributed by atoms with Crippen LogP contribution in [0.1, 0.15) is 19.8 Å². The lowest BCUT2D eigenvalue weighted by Crippen LogP contribution is -2.38. The number of nitrogens with one attached hydrogen (secondary N) is 1. The molecule has 14 heavy (non-hydrogen) atoms. The van der Waals surface area contributed by atoms with Gasteiger partial charge in [-0.2, -0.15) is 0 Å². The Morgan fingerprint density at radius 3 is 2.50 bits per heavy atom. The van der Waals surface area contributed by atoms with E-state index in [0.29, 0.717) is 12.5 Å². The van der Waals surface area contributed by atoms with E-state index in [1.807, 2.05) is 6.92 Å². The molecule has 1 saturated carbocycles. The van der Waals surface area contributed by atoms with Crippen LogP contribution < -0.4 is 5.32 Å². The second-order valence-electron chi connectivity index (χ2n) is 4.31.